The minimum atomic E-state index is -0.894. The molecule has 0 radical (unpaired) electrons. The van der Waals surface area contributed by atoms with Gasteiger partial charge in [0.05, 0.1) is 5.41 Å². The summed E-state index contributed by atoms with van der Waals surface area (Å²) in [6, 6.07) is 5.20. The first-order chi connectivity index (χ1) is 12.3. The van der Waals surface area contributed by atoms with Crippen LogP contribution >= 0.6 is 0 Å². The molecule has 8 heteroatoms. The van der Waals surface area contributed by atoms with Crippen LogP contribution in [0.1, 0.15) is 31.7 Å². The second kappa shape index (κ2) is 6.78. The van der Waals surface area contributed by atoms with Crippen molar-refractivity contribution < 1.29 is 19.2 Å². The van der Waals surface area contributed by atoms with Crippen molar-refractivity contribution in [2.45, 2.75) is 33.6 Å². The number of amides is 2. The summed E-state index contributed by atoms with van der Waals surface area (Å²) in [5.41, 5.74) is 1.34. The van der Waals surface area contributed by atoms with Gasteiger partial charge in [0.15, 0.2) is 5.82 Å². The van der Waals surface area contributed by atoms with Gasteiger partial charge in [-0.05, 0) is 38.0 Å². The molecule has 1 atom stereocenters. The fraction of sp³-hybridized carbons (Fsp3) is 0.444. The predicted molar refractivity (Wildman–Crippen MR) is 94.8 cm³/mol. The van der Waals surface area contributed by atoms with E-state index >= 15 is 0 Å². The number of likely N-dealkylation sites (tertiary alicyclic amines) is 1. The first kappa shape index (κ1) is 17.9. The van der Waals surface area contributed by atoms with Crippen molar-refractivity contribution in [3.63, 3.8) is 0 Å². The topological polar surface area (TPSA) is 109 Å². The number of aromatic nitrogens is 2. The lowest BCUT2D eigenvalue weighted by atomic mass is 9.90. The minimum Gasteiger partial charge on any atom is -0.481 e. The molecule has 138 valence electrons. The Morgan fingerprint density at radius 3 is 2.81 bits per heavy atom. The number of anilines is 1. The second-order valence-corrected chi connectivity index (χ2v) is 6.87. The summed E-state index contributed by atoms with van der Waals surface area (Å²) in [5, 5.41) is 16.1. The zero-order valence-corrected chi connectivity index (χ0v) is 15.1. The van der Waals surface area contributed by atoms with Crippen LogP contribution in [-0.2, 0) is 11.2 Å². The van der Waals surface area contributed by atoms with Crippen LogP contribution in [-0.4, -0.2) is 45.2 Å². The molecule has 0 saturated carbocycles. The third-order valence-corrected chi connectivity index (χ3v) is 4.79. The van der Waals surface area contributed by atoms with E-state index in [4.69, 9.17) is 4.52 Å². The van der Waals surface area contributed by atoms with Gasteiger partial charge in [0.1, 0.15) is 0 Å². The quantitative estimate of drug-likeness (QED) is 0.870. The fourth-order valence-corrected chi connectivity index (χ4v) is 2.91. The normalized spacial score (nSPS) is 19.6. The molecule has 1 aromatic heterocycles. The van der Waals surface area contributed by atoms with Gasteiger partial charge in [-0.15, -0.1) is 0 Å². The van der Waals surface area contributed by atoms with E-state index in [-0.39, 0.29) is 12.6 Å². The third-order valence-electron chi connectivity index (χ3n) is 4.79. The molecule has 2 amide bonds. The van der Waals surface area contributed by atoms with E-state index < -0.39 is 11.4 Å². The van der Waals surface area contributed by atoms with Gasteiger partial charge in [-0.1, -0.05) is 18.1 Å². The highest BCUT2D eigenvalue weighted by molar-refractivity contribution is 5.92. The largest absolute Gasteiger partial charge is 0.481 e. The summed E-state index contributed by atoms with van der Waals surface area (Å²) in [6.07, 6.45) is 1.12. The Bertz CT molecular complexity index is 847. The van der Waals surface area contributed by atoms with Crippen LogP contribution in [0.5, 0.6) is 0 Å². The molecule has 3 rings (SSSR count). The molecule has 0 bridgehead atoms. The maximum absolute atomic E-state index is 12.5. The Labute approximate surface area is 151 Å². The zero-order valence-electron chi connectivity index (χ0n) is 15.1. The summed E-state index contributed by atoms with van der Waals surface area (Å²) < 4.78 is 5.25. The number of carboxylic acid groups (broad SMARTS) is 1. The Balaban J connectivity index is 1.76. The third kappa shape index (κ3) is 3.40. The monoisotopic (exact) mass is 358 g/mol. The molecule has 26 heavy (non-hydrogen) atoms. The van der Waals surface area contributed by atoms with Crippen LogP contribution in [0, 0.1) is 12.3 Å². The van der Waals surface area contributed by atoms with Gasteiger partial charge in [-0.25, -0.2) is 4.79 Å². The van der Waals surface area contributed by atoms with Gasteiger partial charge in [0.2, 0.25) is 0 Å². The van der Waals surface area contributed by atoms with Crippen LogP contribution in [0.4, 0.5) is 10.5 Å². The van der Waals surface area contributed by atoms with Crippen molar-refractivity contribution in [1.29, 1.82) is 0 Å². The van der Waals surface area contributed by atoms with Gasteiger partial charge in [-0.3, -0.25) is 4.79 Å². The molecule has 1 aliphatic heterocycles. The molecule has 1 aliphatic rings. The highest BCUT2D eigenvalue weighted by atomic mass is 16.5. The number of nitrogens with one attached hydrogen (secondary N) is 1. The number of carboxylic acids is 1. The van der Waals surface area contributed by atoms with Crippen LogP contribution < -0.4 is 5.32 Å². The maximum atomic E-state index is 12.5. The molecule has 1 saturated heterocycles. The Hall–Kier alpha value is -2.90. The second-order valence-electron chi connectivity index (χ2n) is 6.87. The SMILES string of the molecule is CCc1noc(-c2ccc(C)c(NC(=O)N3CCC(C)(C(=O)O)C3)c2)n1. The van der Waals surface area contributed by atoms with Gasteiger partial charge < -0.3 is 19.8 Å². The number of hydrogen-bond acceptors (Lipinski definition) is 5. The van der Waals surface area contributed by atoms with Gasteiger partial charge >= 0.3 is 12.0 Å². The van der Waals surface area contributed by atoms with Crippen molar-refractivity contribution in [2.24, 2.45) is 5.41 Å². The van der Waals surface area contributed by atoms with Crippen LogP contribution in [0.25, 0.3) is 11.5 Å². The smallest absolute Gasteiger partial charge is 0.321 e. The number of nitrogens with zero attached hydrogens (tertiary/aromatic N) is 3. The number of hydrogen-bond donors (Lipinski definition) is 2. The van der Waals surface area contributed by atoms with Crippen molar-refractivity contribution in [3.05, 3.63) is 29.6 Å². The summed E-state index contributed by atoms with van der Waals surface area (Å²) >= 11 is 0. The Morgan fingerprint density at radius 1 is 1.42 bits per heavy atom. The summed E-state index contributed by atoms with van der Waals surface area (Å²) in [6.45, 7) is 6.09. The van der Waals surface area contributed by atoms with Crippen LogP contribution in [0.15, 0.2) is 22.7 Å². The average molecular weight is 358 g/mol. The summed E-state index contributed by atoms with van der Waals surface area (Å²) in [4.78, 5) is 29.7. The standard InChI is InChI=1S/C18H22N4O4/c1-4-14-20-15(26-21-14)12-6-5-11(2)13(9-12)19-17(25)22-8-7-18(3,10-22)16(23)24/h5-6,9H,4,7-8,10H2,1-3H3,(H,19,25)(H,23,24). The molecule has 2 N–H and O–H groups in total. The van der Waals surface area contributed by atoms with E-state index in [1.54, 1.807) is 13.0 Å². The number of benzene rings is 1. The van der Waals surface area contributed by atoms with Crippen LogP contribution in [0.3, 0.4) is 0 Å². The van der Waals surface area contributed by atoms with Gasteiger partial charge in [0, 0.05) is 30.8 Å². The van der Waals surface area contributed by atoms with E-state index in [9.17, 15) is 14.7 Å². The molecule has 8 nitrogen and oxygen atoms in total. The predicted octanol–water partition coefficient (Wildman–Crippen LogP) is 2.94. The summed E-state index contributed by atoms with van der Waals surface area (Å²) in [7, 11) is 0. The van der Waals surface area contributed by atoms with Crippen molar-refractivity contribution >= 4 is 17.7 Å². The molecular formula is C18H22N4O4. The molecule has 2 heterocycles. The maximum Gasteiger partial charge on any atom is 0.321 e. The number of carbonyl (C=O) groups excluding carboxylic acids is 1. The van der Waals surface area contributed by atoms with Crippen molar-refractivity contribution in [1.82, 2.24) is 15.0 Å². The average Bonchev–Trinajstić information content (AvgIpc) is 3.24. The van der Waals surface area contributed by atoms with Gasteiger partial charge in [0.25, 0.3) is 5.89 Å². The molecule has 1 fully saturated rings. The van der Waals surface area contributed by atoms with Crippen molar-refractivity contribution in [2.75, 3.05) is 18.4 Å². The molecule has 0 spiro atoms. The molecule has 2 aromatic rings. The van der Waals surface area contributed by atoms with E-state index in [0.29, 0.717) is 36.8 Å². The Morgan fingerprint density at radius 2 is 2.19 bits per heavy atom. The lowest BCUT2D eigenvalue weighted by Crippen LogP contribution is -2.37. The Kier molecular flexibility index (Phi) is 4.67. The van der Waals surface area contributed by atoms with E-state index in [0.717, 1.165) is 11.1 Å². The number of carbonyl (C=O) groups is 2. The van der Waals surface area contributed by atoms with E-state index in [1.165, 1.54) is 4.90 Å². The van der Waals surface area contributed by atoms with E-state index in [1.807, 2.05) is 26.0 Å². The zero-order chi connectivity index (χ0) is 18.9. The number of aryl methyl sites for hydroxylation is 2. The first-order valence-electron chi connectivity index (χ1n) is 8.55. The van der Waals surface area contributed by atoms with Crippen LogP contribution in [0.2, 0.25) is 0 Å². The van der Waals surface area contributed by atoms with Crippen molar-refractivity contribution in [3.8, 4) is 11.5 Å². The highest BCUT2D eigenvalue weighted by Crippen LogP contribution is 2.31. The van der Waals surface area contributed by atoms with Gasteiger partial charge in [-0.2, -0.15) is 4.98 Å². The van der Waals surface area contributed by atoms with E-state index in [2.05, 4.69) is 15.5 Å². The lowest BCUT2D eigenvalue weighted by molar-refractivity contribution is -0.146. The molecule has 1 aromatic carbocycles. The highest BCUT2D eigenvalue weighted by Gasteiger charge is 2.42. The molecule has 0 aliphatic carbocycles. The molecule has 1 unspecified atom stereocenters. The number of rotatable bonds is 4. The number of urea groups is 1. The molecular weight excluding hydrogens is 336 g/mol. The first-order valence-corrected chi connectivity index (χ1v) is 8.55. The summed E-state index contributed by atoms with van der Waals surface area (Å²) in [5.74, 6) is 0.141. The fourth-order valence-electron chi connectivity index (χ4n) is 2.91. The lowest BCUT2D eigenvalue weighted by Gasteiger charge is -2.21. The minimum absolute atomic E-state index is 0.191. The number of aliphatic carboxylic acids is 1.